The van der Waals surface area contributed by atoms with E-state index in [0.29, 0.717) is 11.3 Å². The van der Waals surface area contributed by atoms with Crippen molar-refractivity contribution in [3.05, 3.63) is 64.1 Å². The largest absolute Gasteiger partial charge is 0.423 e. The highest BCUT2D eigenvalue weighted by Gasteiger charge is 2.15. The van der Waals surface area contributed by atoms with Gasteiger partial charge in [-0.15, -0.1) is 0 Å². The number of hydrogen-bond acceptors (Lipinski definition) is 2. The van der Waals surface area contributed by atoms with E-state index in [4.69, 9.17) is 4.74 Å². The molecule has 0 saturated carbocycles. The van der Waals surface area contributed by atoms with Gasteiger partial charge in [-0.05, 0) is 47.4 Å². The van der Waals surface area contributed by atoms with Gasteiger partial charge in [0, 0.05) is 4.47 Å². The SMILES string of the molecule is CC(C)(C)c1ccc(C(=O)Oc2ccc(Br)cc2)cc1. The van der Waals surface area contributed by atoms with Crippen LogP contribution in [0.4, 0.5) is 0 Å². The zero-order valence-corrected chi connectivity index (χ0v) is 13.4. The van der Waals surface area contributed by atoms with Gasteiger partial charge in [0.15, 0.2) is 0 Å². The molecule has 0 unspecified atom stereocenters. The van der Waals surface area contributed by atoms with Gasteiger partial charge < -0.3 is 4.74 Å². The summed E-state index contributed by atoms with van der Waals surface area (Å²) in [7, 11) is 0. The third kappa shape index (κ3) is 3.70. The Morgan fingerprint density at radius 2 is 1.50 bits per heavy atom. The molecule has 0 bridgehead atoms. The van der Waals surface area contributed by atoms with Crippen LogP contribution in [0.2, 0.25) is 0 Å². The van der Waals surface area contributed by atoms with Gasteiger partial charge in [-0.2, -0.15) is 0 Å². The van der Waals surface area contributed by atoms with E-state index in [1.54, 1.807) is 12.1 Å². The number of benzene rings is 2. The first-order valence-electron chi connectivity index (χ1n) is 6.44. The predicted octanol–water partition coefficient (Wildman–Crippen LogP) is 4.97. The Morgan fingerprint density at radius 3 is 2.00 bits per heavy atom. The number of esters is 1. The van der Waals surface area contributed by atoms with Crippen molar-refractivity contribution in [1.82, 2.24) is 0 Å². The van der Waals surface area contributed by atoms with E-state index in [0.717, 1.165) is 4.47 Å². The van der Waals surface area contributed by atoms with Crippen LogP contribution in [-0.4, -0.2) is 5.97 Å². The third-order valence-corrected chi connectivity index (χ3v) is 3.54. The molecule has 0 radical (unpaired) electrons. The number of rotatable bonds is 2. The Kier molecular flexibility index (Phi) is 4.29. The molecule has 0 atom stereocenters. The highest BCUT2D eigenvalue weighted by molar-refractivity contribution is 9.10. The van der Waals surface area contributed by atoms with Crippen LogP contribution >= 0.6 is 15.9 Å². The van der Waals surface area contributed by atoms with Crippen molar-refractivity contribution in [2.75, 3.05) is 0 Å². The normalized spacial score (nSPS) is 11.2. The molecule has 0 N–H and O–H groups in total. The fourth-order valence-electron chi connectivity index (χ4n) is 1.77. The molecular weight excluding hydrogens is 316 g/mol. The van der Waals surface area contributed by atoms with Crippen molar-refractivity contribution in [3.63, 3.8) is 0 Å². The number of ether oxygens (including phenoxy) is 1. The summed E-state index contributed by atoms with van der Waals surface area (Å²) in [6, 6.07) is 14.7. The second-order valence-electron chi connectivity index (χ2n) is 5.67. The van der Waals surface area contributed by atoms with Gasteiger partial charge in [-0.1, -0.05) is 48.8 Å². The number of carbonyl (C=O) groups excluding carboxylic acids is 1. The molecule has 0 aromatic heterocycles. The molecule has 2 nitrogen and oxygen atoms in total. The standard InChI is InChI=1S/C17H17BrO2/c1-17(2,3)13-6-4-12(5-7-13)16(19)20-15-10-8-14(18)9-11-15/h4-11H,1-3H3. The second kappa shape index (κ2) is 5.80. The minimum Gasteiger partial charge on any atom is -0.423 e. The average molecular weight is 333 g/mol. The number of hydrogen-bond donors (Lipinski definition) is 0. The van der Waals surface area contributed by atoms with Crippen LogP contribution in [0.5, 0.6) is 5.75 Å². The minimum absolute atomic E-state index is 0.0775. The molecule has 0 amide bonds. The summed E-state index contributed by atoms with van der Waals surface area (Å²) in [5.41, 5.74) is 1.83. The molecule has 0 aliphatic carbocycles. The monoisotopic (exact) mass is 332 g/mol. The first-order chi connectivity index (χ1) is 9.36. The fraction of sp³-hybridized carbons (Fsp3) is 0.235. The van der Waals surface area contributed by atoms with E-state index < -0.39 is 0 Å². The van der Waals surface area contributed by atoms with Gasteiger partial charge in [0.2, 0.25) is 0 Å². The van der Waals surface area contributed by atoms with Crippen LogP contribution in [0.25, 0.3) is 0 Å². The van der Waals surface area contributed by atoms with Gasteiger partial charge in [0.1, 0.15) is 5.75 Å². The van der Waals surface area contributed by atoms with Crippen molar-refractivity contribution in [3.8, 4) is 5.75 Å². The molecule has 0 heterocycles. The summed E-state index contributed by atoms with van der Waals surface area (Å²) in [5, 5.41) is 0. The molecule has 2 aromatic rings. The number of carbonyl (C=O) groups is 1. The minimum atomic E-state index is -0.340. The van der Waals surface area contributed by atoms with Crippen molar-refractivity contribution in [2.24, 2.45) is 0 Å². The summed E-state index contributed by atoms with van der Waals surface area (Å²) in [6.07, 6.45) is 0. The molecule has 104 valence electrons. The van der Waals surface area contributed by atoms with Crippen LogP contribution in [0, 0.1) is 0 Å². The molecular formula is C17H17BrO2. The van der Waals surface area contributed by atoms with Crippen molar-refractivity contribution < 1.29 is 9.53 Å². The van der Waals surface area contributed by atoms with Crippen molar-refractivity contribution in [2.45, 2.75) is 26.2 Å². The Bertz CT molecular complexity index is 592. The molecule has 0 fully saturated rings. The fourth-order valence-corrected chi connectivity index (χ4v) is 2.04. The van der Waals surface area contributed by atoms with E-state index in [1.165, 1.54) is 5.56 Å². The van der Waals surface area contributed by atoms with Gasteiger partial charge in [-0.25, -0.2) is 4.79 Å². The topological polar surface area (TPSA) is 26.3 Å². The zero-order valence-electron chi connectivity index (χ0n) is 11.8. The molecule has 3 heteroatoms. The van der Waals surface area contributed by atoms with E-state index in [9.17, 15) is 4.79 Å². The second-order valence-corrected chi connectivity index (χ2v) is 6.59. The van der Waals surface area contributed by atoms with E-state index in [-0.39, 0.29) is 11.4 Å². The third-order valence-electron chi connectivity index (χ3n) is 3.01. The quantitative estimate of drug-likeness (QED) is 0.573. The Balaban J connectivity index is 2.11. The van der Waals surface area contributed by atoms with Gasteiger partial charge in [0.25, 0.3) is 0 Å². The Hall–Kier alpha value is -1.61. The molecule has 2 rings (SSSR count). The molecule has 20 heavy (non-hydrogen) atoms. The van der Waals surface area contributed by atoms with Crippen LogP contribution in [0.15, 0.2) is 53.0 Å². The van der Waals surface area contributed by atoms with Crippen LogP contribution in [0.1, 0.15) is 36.7 Å². The predicted molar refractivity (Wildman–Crippen MR) is 84.2 cm³/mol. The highest BCUT2D eigenvalue weighted by atomic mass is 79.9. The molecule has 0 aliphatic heterocycles. The van der Waals surface area contributed by atoms with E-state index >= 15 is 0 Å². The summed E-state index contributed by atoms with van der Waals surface area (Å²) in [6.45, 7) is 6.42. The maximum Gasteiger partial charge on any atom is 0.343 e. The Morgan fingerprint density at radius 1 is 0.950 bits per heavy atom. The summed E-state index contributed by atoms with van der Waals surface area (Å²) in [4.78, 5) is 12.0. The lowest BCUT2D eigenvalue weighted by molar-refractivity contribution is 0.0734. The number of halogens is 1. The summed E-state index contributed by atoms with van der Waals surface area (Å²) in [5.74, 6) is 0.200. The van der Waals surface area contributed by atoms with Gasteiger partial charge in [-0.3, -0.25) is 0 Å². The maximum atomic E-state index is 12.0. The lowest BCUT2D eigenvalue weighted by atomic mass is 9.87. The van der Waals surface area contributed by atoms with Crippen LogP contribution in [-0.2, 0) is 5.41 Å². The zero-order chi connectivity index (χ0) is 14.8. The van der Waals surface area contributed by atoms with Crippen molar-refractivity contribution in [1.29, 1.82) is 0 Å². The van der Waals surface area contributed by atoms with Gasteiger partial charge >= 0.3 is 5.97 Å². The van der Waals surface area contributed by atoms with Crippen LogP contribution in [0.3, 0.4) is 0 Å². The van der Waals surface area contributed by atoms with E-state index in [2.05, 4.69) is 36.7 Å². The van der Waals surface area contributed by atoms with E-state index in [1.807, 2.05) is 36.4 Å². The van der Waals surface area contributed by atoms with Gasteiger partial charge in [0.05, 0.1) is 5.56 Å². The summed E-state index contributed by atoms with van der Waals surface area (Å²) < 4.78 is 6.27. The molecule has 0 spiro atoms. The molecule has 0 saturated heterocycles. The molecule has 2 aromatic carbocycles. The van der Waals surface area contributed by atoms with Crippen molar-refractivity contribution >= 4 is 21.9 Å². The first kappa shape index (κ1) is 14.8. The Labute approximate surface area is 127 Å². The lowest BCUT2D eigenvalue weighted by Crippen LogP contribution is -2.12. The smallest absolute Gasteiger partial charge is 0.343 e. The molecule has 0 aliphatic rings. The average Bonchev–Trinajstić information content (AvgIpc) is 2.40. The van der Waals surface area contributed by atoms with Crippen LogP contribution < -0.4 is 4.74 Å². The maximum absolute atomic E-state index is 12.0. The lowest BCUT2D eigenvalue weighted by Gasteiger charge is -2.18. The first-order valence-corrected chi connectivity index (χ1v) is 7.24. The summed E-state index contributed by atoms with van der Waals surface area (Å²) >= 11 is 3.34. The highest BCUT2D eigenvalue weighted by Crippen LogP contribution is 2.23.